The predicted octanol–water partition coefficient (Wildman–Crippen LogP) is 1.44. The number of hydrogen-bond acceptors (Lipinski definition) is 5. The average Bonchev–Trinajstić information content (AvgIpc) is 2.82. The number of aromatic nitrogens is 1. The van der Waals surface area contributed by atoms with E-state index in [1.807, 2.05) is 6.07 Å². The molecule has 0 bridgehead atoms. The van der Waals surface area contributed by atoms with E-state index in [0.29, 0.717) is 5.69 Å². The molecule has 0 unspecified atom stereocenters. The van der Waals surface area contributed by atoms with Crippen molar-refractivity contribution in [2.75, 3.05) is 0 Å². The number of nitriles is 1. The van der Waals surface area contributed by atoms with Gasteiger partial charge in [-0.25, -0.2) is 13.1 Å². The number of halogens is 1. The zero-order valence-corrected chi connectivity index (χ0v) is 12.3. The quantitative estimate of drug-likeness (QED) is 0.885. The van der Waals surface area contributed by atoms with Crippen LogP contribution in [-0.2, 0) is 16.6 Å². The van der Waals surface area contributed by atoms with Crippen molar-refractivity contribution in [3.05, 3.63) is 49.5 Å². The highest BCUT2D eigenvalue weighted by molar-refractivity contribution is 7.89. The van der Waals surface area contributed by atoms with E-state index in [1.165, 1.54) is 23.6 Å². The number of hydrogen-bond donors (Lipinski definition) is 2. The van der Waals surface area contributed by atoms with Crippen LogP contribution in [-0.4, -0.2) is 13.4 Å². The molecule has 1 heterocycles. The predicted molar refractivity (Wildman–Crippen MR) is 75.1 cm³/mol. The first-order chi connectivity index (χ1) is 9.42. The van der Waals surface area contributed by atoms with Crippen LogP contribution in [0.1, 0.15) is 11.3 Å². The molecule has 0 atom stereocenters. The van der Waals surface area contributed by atoms with Crippen LogP contribution < -0.4 is 9.60 Å². The SMILES string of the molecule is N#Cc1ccc(S(=O)(=O)NCc2csc(=O)[nH]2)c(Cl)c1. The van der Waals surface area contributed by atoms with Gasteiger partial charge in [0.2, 0.25) is 10.0 Å². The lowest BCUT2D eigenvalue weighted by atomic mass is 10.2. The number of nitrogens with one attached hydrogen (secondary N) is 2. The van der Waals surface area contributed by atoms with Crippen molar-refractivity contribution in [2.45, 2.75) is 11.4 Å². The Balaban J connectivity index is 2.22. The van der Waals surface area contributed by atoms with E-state index in [4.69, 9.17) is 16.9 Å². The van der Waals surface area contributed by atoms with Gasteiger partial charge >= 0.3 is 4.87 Å². The number of thiazole rings is 1. The van der Waals surface area contributed by atoms with Crippen LogP contribution in [0.5, 0.6) is 0 Å². The standard InChI is InChI=1S/C11H8ClN3O3S2/c12-9-3-7(4-13)1-2-10(9)20(17,18)14-5-8-6-19-11(16)15-8/h1-3,6,14H,5H2,(H,15,16). The lowest BCUT2D eigenvalue weighted by molar-refractivity contribution is 0.580. The molecule has 9 heteroatoms. The average molecular weight is 330 g/mol. The molecule has 0 aliphatic carbocycles. The van der Waals surface area contributed by atoms with Crippen molar-refractivity contribution >= 4 is 33.0 Å². The third kappa shape index (κ3) is 3.26. The molecule has 0 aliphatic heterocycles. The fraction of sp³-hybridized carbons (Fsp3) is 0.0909. The summed E-state index contributed by atoms with van der Waals surface area (Å²) in [5.74, 6) is 0. The first-order valence-electron chi connectivity index (χ1n) is 5.28. The number of benzene rings is 1. The lowest BCUT2D eigenvalue weighted by Crippen LogP contribution is -2.24. The van der Waals surface area contributed by atoms with Gasteiger partial charge in [-0.15, -0.1) is 0 Å². The molecule has 0 saturated carbocycles. The largest absolute Gasteiger partial charge is 0.315 e. The summed E-state index contributed by atoms with van der Waals surface area (Å²) in [6.45, 7) is -0.0442. The van der Waals surface area contributed by atoms with Crippen LogP contribution >= 0.6 is 22.9 Å². The summed E-state index contributed by atoms with van der Waals surface area (Å²) in [4.78, 5) is 13.1. The van der Waals surface area contributed by atoms with Gasteiger partial charge in [-0.1, -0.05) is 22.9 Å². The Morgan fingerprint density at radius 1 is 1.45 bits per heavy atom. The van der Waals surface area contributed by atoms with Gasteiger partial charge in [0.05, 0.1) is 23.2 Å². The maximum Gasteiger partial charge on any atom is 0.304 e. The minimum Gasteiger partial charge on any atom is -0.315 e. The summed E-state index contributed by atoms with van der Waals surface area (Å²) in [7, 11) is -3.81. The Labute approximate surface area is 123 Å². The smallest absolute Gasteiger partial charge is 0.304 e. The van der Waals surface area contributed by atoms with E-state index in [1.54, 1.807) is 0 Å². The van der Waals surface area contributed by atoms with Gasteiger partial charge in [0, 0.05) is 11.1 Å². The highest BCUT2D eigenvalue weighted by Crippen LogP contribution is 2.22. The molecule has 104 valence electrons. The highest BCUT2D eigenvalue weighted by atomic mass is 35.5. The molecule has 0 saturated heterocycles. The first-order valence-corrected chi connectivity index (χ1v) is 8.02. The van der Waals surface area contributed by atoms with Crippen molar-refractivity contribution in [2.24, 2.45) is 0 Å². The first kappa shape index (κ1) is 14.7. The van der Waals surface area contributed by atoms with Gasteiger partial charge in [-0.05, 0) is 18.2 Å². The van der Waals surface area contributed by atoms with E-state index in [-0.39, 0.29) is 26.9 Å². The third-order valence-corrected chi connectivity index (χ3v) is 4.98. The number of nitrogens with zero attached hydrogens (tertiary/aromatic N) is 1. The van der Waals surface area contributed by atoms with E-state index >= 15 is 0 Å². The number of aromatic amines is 1. The maximum atomic E-state index is 12.1. The Morgan fingerprint density at radius 3 is 2.75 bits per heavy atom. The second-order valence-corrected chi connectivity index (χ2v) is 6.74. The van der Waals surface area contributed by atoms with Crippen LogP contribution in [0.25, 0.3) is 0 Å². The van der Waals surface area contributed by atoms with E-state index in [9.17, 15) is 13.2 Å². The van der Waals surface area contributed by atoms with Crippen molar-refractivity contribution in [1.29, 1.82) is 5.26 Å². The monoisotopic (exact) mass is 329 g/mol. The minimum atomic E-state index is -3.81. The van der Waals surface area contributed by atoms with Crippen molar-refractivity contribution in [3.8, 4) is 6.07 Å². The molecule has 2 N–H and O–H groups in total. The van der Waals surface area contributed by atoms with Gasteiger partial charge in [-0.3, -0.25) is 4.79 Å². The van der Waals surface area contributed by atoms with Crippen LogP contribution in [0, 0.1) is 11.3 Å². The second-order valence-electron chi connectivity index (χ2n) is 3.75. The maximum absolute atomic E-state index is 12.1. The van der Waals surface area contributed by atoms with Crippen LogP contribution in [0.2, 0.25) is 5.02 Å². The van der Waals surface area contributed by atoms with Crippen molar-refractivity contribution in [3.63, 3.8) is 0 Å². The summed E-state index contributed by atoms with van der Waals surface area (Å²) in [6, 6.07) is 5.78. The van der Waals surface area contributed by atoms with Gasteiger partial charge in [0.1, 0.15) is 4.90 Å². The molecule has 0 aliphatic rings. The summed E-state index contributed by atoms with van der Waals surface area (Å²) in [6.07, 6.45) is 0. The van der Waals surface area contributed by atoms with Gasteiger partial charge < -0.3 is 4.98 Å². The topological polar surface area (TPSA) is 103 Å². The summed E-state index contributed by atoms with van der Waals surface area (Å²) in [5, 5.41) is 10.2. The van der Waals surface area contributed by atoms with Crippen LogP contribution in [0.4, 0.5) is 0 Å². The minimum absolute atomic E-state index is 0.0321. The molecule has 2 rings (SSSR count). The molecular weight excluding hydrogens is 322 g/mol. The fourth-order valence-corrected chi connectivity index (χ4v) is 3.57. The van der Waals surface area contributed by atoms with E-state index in [0.717, 1.165) is 11.3 Å². The normalized spacial score (nSPS) is 11.2. The molecule has 0 amide bonds. The molecule has 20 heavy (non-hydrogen) atoms. The van der Waals surface area contributed by atoms with Gasteiger partial charge in [-0.2, -0.15) is 5.26 Å². The summed E-state index contributed by atoms with van der Waals surface area (Å²) < 4.78 is 26.5. The van der Waals surface area contributed by atoms with E-state index < -0.39 is 10.0 Å². The van der Waals surface area contributed by atoms with Gasteiger partial charge in [0.25, 0.3) is 0 Å². The molecule has 6 nitrogen and oxygen atoms in total. The molecular formula is C11H8ClN3O3S2. The van der Waals surface area contributed by atoms with E-state index in [2.05, 4.69) is 9.71 Å². The van der Waals surface area contributed by atoms with Crippen molar-refractivity contribution in [1.82, 2.24) is 9.71 Å². The van der Waals surface area contributed by atoms with Crippen molar-refractivity contribution < 1.29 is 8.42 Å². The molecule has 1 aromatic carbocycles. The summed E-state index contributed by atoms with van der Waals surface area (Å²) >= 11 is 6.80. The highest BCUT2D eigenvalue weighted by Gasteiger charge is 2.18. The zero-order valence-electron chi connectivity index (χ0n) is 9.88. The summed E-state index contributed by atoms with van der Waals surface area (Å²) in [5.41, 5.74) is 0.740. The third-order valence-electron chi connectivity index (χ3n) is 2.37. The van der Waals surface area contributed by atoms with Gasteiger partial charge in [0.15, 0.2) is 0 Å². The molecule has 1 aromatic heterocycles. The molecule has 0 radical (unpaired) electrons. The number of sulfonamides is 1. The van der Waals surface area contributed by atoms with Crippen LogP contribution in [0.3, 0.4) is 0 Å². The Bertz CT molecular complexity index is 833. The number of H-pyrrole nitrogens is 1. The molecule has 0 fully saturated rings. The fourth-order valence-electron chi connectivity index (χ4n) is 1.44. The number of rotatable bonds is 4. The Kier molecular flexibility index (Phi) is 4.25. The Hall–Kier alpha value is -1.66. The second kappa shape index (κ2) is 5.76. The molecule has 2 aromatic rings. The lowest BCUT2D eigenvalue weighted by Gasteiger charge is -2.07. The molecule has 0 spiro atoms. The Morgan fingerprint density at radius 2 is 2.20 bits per heavy atom. The van der Waals surface area contributed by atoms with Crippen LogP contribution in [0.15, 0.2) is 33.3 Å². The zero-order chi connectivity index (χ0) is 14.8.